The highest BCUT2D eigenvalue weighted by atomic mass is 32.2. The summed E-state index contributed by atoms with van der Waals surface area (Å²) in [5.41, 5.74) is 6.45. The van der Waals surface area contributed by atoms with E-state index in [4.69, 9.17) is 10.5 Å². The van der Waals surface area contributed by atoms with Crippen LogP contribution < -0.4 is 10.5 Å². The Labute approximate surface area is 164 Å². The monoisotopic (exact) mass is 422 g/mol. The average Bonchev–Trinajstić information content (AvgIpc) is 2.68. The highest BCUT2D eigenvalue weighted by molar-refractivity contribution is 7.89. The number of nitrogen functional groups attached to an aromatic ring is 1. The molecule has 0 radical (unpaired) electrons. The lowest BCUT2D eigenvalue weighted by atomic mass is 10.2. The average molecular weight is 422 g/mol. The van der Waals surface area contributed by atoms with Gasteiger partial charge >= 0.3 is 5.97 Å². The first-order valence-electron chi connectivity index (χ1n) is 8.38. The van der Waals surface area contributed by atoms with Crippen LogP contribution in [-0.2, 0) is 26.2 Å². The largest absolute Gasteiger partial charge is 0.457 e. The molecule has 0 spiro atoms. The molecule has 3 rings (SSSR count). The van der Waals surface area contributed by atoms with Gasteiger partial charge in [0.15, 0.2) is 24.1 Å². The number of carbonyl (C=O) groups excluding carboxylic acids is 1. The number of para-hydroxylation sites is 1. The third-order valence-electron chi connectivity index (χ3n) is 3.86. The van der Waals surface area contributed by atoms with Gasteiger partial charge in [0.05, 0.1) is 16.8 Å². The summed E-state index contributed by atoms with van der Waals surface area (Å²) in [5.74, 6) is -2.70. The zero-order valence-electron chi connectivity index (χ0n) is 14.9. The van der Waals surface area contributed by atoms with Crippen LogP contribution in [0, 0.1) is 11.6 Å². The first-order valence-corrected chi connectivity index (χ1v) is 9.86. The third-order valence-corrected chi connectivity index (χ3v) is 5.32. The molecular formula is C18H16F2N4O4S. The first-order chi connectivity index (χ1) is 13.8. The molecule has 0 atom stereocenters. The lowest BCUT2D eigenvalue weighted by Gasteiger charge is -2.08. The minimum Gasteiger partial charge on any atom is -0.457 e. The summed E-state index contributed by atoms with van der Waals surface area (Å²) in [6.07, 6.45) is -0.286. The van der Waals surface area contributed by atoms with Gasteiger partial charge in [0, 0.05) is 11.9 Å². The predicted octanol–water partition coefficient (Wildman–Crippen LogP) is 1.90. The quantitative estimate of drug-likeness (QED) is 0.557. The highest BCUT2D eigenvalue weighted by Gasteiger charge is 2.17. The molecule has 8 nitrogen and oxygen atoms in total. The van der Waals surface area contributed by atoms with Gasteiger partial charge in [-0.2, -0.15) is 0 Å². The molecule has 0 unspecified atom stereocenters. The van der Waals surface area contributed by atoms with Gasteiger partial charge in [-0.1, -0.05) is 12.1 Å². The Morgan fingerprint density at radius 1 is 1.10 bits per heavy atom. The number of rotatable bonds is 7. The van der Waals surface area contributed by atoms with Crippen molar-refractivity contribution in [3.63, 3.8) is 0 Å². The molecule has 1 heterocycles. The van der Waals surface area contributed by atoms with Crippen LogP contribution in [0.5, 0.6) is 0 Å². The van der Waals surface area contributed by atoms with Gasteiger partial charge in [-0.3, -0.25) is 4.79 Å². The van der Waals surface area contributed by atoms with E-state index >= 15 is 0 Å². The second kappa shape index (κ2) is 8.45. The number of benzene rings is 2. The van der Waals surface area contributed by atoms with Crippen molar-refractivity contribution in [3.05, 3.63) is 59.9 Å². The summed E-state index contributed by atoms with van der Waals surface area (Å²) in [6, 6.07) is 9.25. The van der Waals surface area contributed by atoms with Crippen LogP contribution in [0.25, 0.3) is 10.9 Å². The van der Waals surface area contributed by atoms with Crippen molar-refractivity contribution in [1.29, 1.82) is 0 Å². The number of nitrogens with one attached hydrogen (secondary N) is 1. The van der Waals surface area contributed by atoms with E-state index < -0.39 is 32.5 Å². The van der Waals surface area contributed by atoms with Crippen LogP contribution in [0.15, 0.2) is 47.4 Å². The fraction of sp³-hybridized carbons (Fsp3) is 0.167. The number of halogens is 2. The number of sulfonamides is 1. The Morgan fingerprint density at radius 2 is 1.86 bits per heavy atom. The lowest BCUT2D eigenvalue weighted by Crippen LogP contribution is -2.27. The number of fused-ring (bicyclic) bond motifs is 1. The lowest BCUT2D eigenvalue weighted by molar-refractivity contribution is -0.145. The van der Waals surface area contributed by atoms with Crippen LogP contribution in [0.1, 0.15) is 12.2 Å². The molecule has 3 N–H and O–H groups in total. The number of aromatic nitrogens is 2. The van der Waals surface area contributed by atoms with Crippen LogP contribution >= 0.6 is 0 Å². The smallest absolute Gasteiger partial charge is 0.307 e. The van der Waals surface area contributed by atoms with Gasteiger partial charge in [0.2, 0.25) is 10.0 Å². The molecule has 0 bridgehead atoms. The standard InChI is InChI=1S/C18H16F2N4O4S/c19-13-6-5-11(9-14(13)20)29(26,27)22-8-7-17(25)28-10-16-23-15-4-2-1-3-12(15)18(21)24-16/h1-6,9,22H,7-8,10H2,(H2,21,23,24). The van der Waals surface area contributed by atoms with Crippen molar-refractivity contribution < 1.29 is 26.7 Å². The fourth-order valence-corrected chi connectivity index (χ4v) is 3.49. The summed E-state index contributed by atoms with van der Waals surface area (Å²) in [4.78, 5) is 19.7. The van der Waals surface area contributed by atoms with Crippen molar-refractivity contribution >= 4 is 32.7 Å². The maximum absolute atomic E-state index is 13.2. The van der Waals surface area contributed by atoms with E-state index in [-0.39, 0.29) is 31.2 Å². The van der Waals surface area contributed by atoms with Crippen molar-refractivity contribution in [2.24, 2.45) is 0 Å². The van der Waals surface area contributed by atoms with Gasteiger partial charge in [-0.25, -0.2) is 31.9 Å². The third kappa shape index (κ3) is 5.00. The normalized spacial score (nSPS) is 11.5. The maximum atomic E-state index is 13.2. The summed E-state index contributed by atoms with van der Waals surface area (Å²) in [7, 11) is -4.10. The Kier molecular flexibility index (Phi) is 5.99. The molecule has 0 aliphatic heterocycles. The van der Waals surface area contributed by atoms with Crippen LogP contribution in [0.3, 0.4) is 0 Å². The van der Waals surface area contributed by atoms with Gasteiger partial charge < -0.3 is 10.5 Å². The molecular weight excluding hydrogens is 406 g/mol. The topological polar surface area (TPSA) is 124 Å². The molecule has 3 aromatic rings. The molecule has 29 heavy (non-hydrogen) atoms. The molecule has 0 aliphatic rings. The van der Waals surface area contributed by atoms with E-state index in [1.54, 1.807) is 24.3 Å². The molecule has 0 fully saturated rings. The van der Waals surface area contributed by atoms with E-state index in [0.29, 0.717) is 23.0 Å². The van der Waals surface area contributed by atoms with Crippen LogP contribution in [0.4, 0.5) is 14.6 Å². The zero-order chi connectivity index (χ0) is 21.0. The van der Waals surface area contributed by atoms with Crippen molar-refractivity contribution in [2.45, 2.75) is 17.9 Å². The number of esters is 1. The second-order valence-corrected chi connectivity index (χ2v) is 7.69. The Bertz CT molecular complexity index is 1170. The molecule has 152 valence electrons. The predicted molar refractivity (Wildman–Crippen MR) is 99.9 cm³/mol. The van der Waals surface area contributed by atoms with E-state index in [1.807, 2.05) is 0 Å². The van der Waals surface area contributed by atoms with Crippen LogP contribution in [-0.4, -0.2) is 30.9 Å². The Morgan fingerprint density at radius 3 is 2.62 bits per heavy atom. The van der Waals surface area contributed by atoms with Crippen molar-refractivity contribution in [1.82, 2.24) is 14.7 Å². The minimum absolute atomic E-state index is 0.205. The molecule has 2 aromatic carbocycles. The number of carbonyl (C=O) groups is 1. The SMILES string of the molecule is Nc1nc(COC(=O)CCNS(=O)(=O)c2ccc(F)c(F)c2)nc2ccccc12. The van der Waals surface area contributed by atoms with Gasteiger partial charge in [-0.15, -0.1) is 0 Å². The molecule has 0 saturated heterocycles. The number of hydrogen-bond acceptors (Lipinski definition) is 7. The molecule has 0 saturated carbocycles. The van der Waals surface area contributed by atoms with Gasteiger partial charge in [-0.05, 0) is 30.3 Å². The van der Waals surface area contributed by atoms with E-state index in [0.717, 1.165) is 6.07 Å². The van der Waals surface area contributed by atoms with Crippen LogP contribution in [0.2, 0.25) is 0 Å². The number of hydrogen-bond donors (Lipinski definition) is 2. The Balaban J connectivity index is 1.53. The van der Waals surface area contributed by atoms with E-state index in [1.165, 1.54) is 0 Å². The fourth-order valence-electron chi connectivity index (χ4n) is 2.45. The molecule has 0 amide bonds. The Hall–Kier alpha value is -3.18. The summed E-state index contributed by atoms with van der Waals surface area (Å²) >= 11 is 0. The number of ether oxygens (including phenoxy) is 1. The molecule has 1 aromatic heterocycles. The molecule has 11 heteroatoms. The second-order valence-electron chi connectivity index (χ2n) is 5.93. The summed E-state index contributed by atoms with van der Waals surface area (Å²) < 4.78 is 57.3. The minimum atomic E-state index is -4.10. The van der Waals surface area contributed by atoms with E-state index in [9.17, 15) is 22.0 Å². The summed E-state index contributed by atoms with van der Waals surface area (Å²) in [5, 5.41) is 0.675. The highest BCUT2D eigenvalue weighted by Crippen LogP contribution is 2.17. The number of anilines is 1. The van der Waals surface area contributed by atoms with Crippen molar-refractivity contribution in [2.75, 3.05) is 12.3 Å². The summed E-state index contributed by atoms with van der Waals surface area (Å²) in [6.45, 7) is -0.523. The molecule has 0 aliphatic carbocycles. The zero-order valence-corrected chi connectivity index (χ0v) is 15.7. The van der Waals surface area contributed by atoms with E-state index in [2.05, 4.69) is 14.7 Å². The van der Waals surface area contributed by atoms with Gasteiger partial charge in [0.25, 0.3) is 0 Å². The van der Waals surface area contributed by atoms with Crippen molar-refractivity contribution in [3.8, 4) is 0 Å². The number of nitrogens with two attached hydrogens (primary N) is 1. The van der Waals surface area contributed by atoms with Gasteiger partial charge in [0.1, 0.15) is 5.82 Å². The maximum Gasteiger partial charge on any atom is 0.307 e. The first kappa shape index (κ1) is 20.6. The number of nitrogens with zero attached hydrogens (tertiary/aromatic N) is 2.